The summed E-state index contributed by atoms with van der Waals surface area (Å²) in [5.41, 5.74) is 0.391. The molecule has 2 rings (SSSR count). The fraction of sp³-hybridized carbons (Fsp3) is 0.562. The van der Waals surface area contributed by atoms with E-state index in [1.807, 2.05) is 37.3 Å². The van der Waals surface area contributed by atoms with Gasteiger partial charge in [0.05, 0.1) is 6.07 Å². The monoisotopic (exact) mass is 305 g/mol. The van der Waals surface area contributed by atoms with Gasteiger partial charge in [0.15, 0.2) is 0 Å². The molecule has 1 aliphatic rings. The standard InChI is InChI=1S/C16H23N3OS/c1-2-18-16(14-17,15-6-4-3-5-7-15)8-9-19-10-12-21(20)13-11-19/h3-7,18H,2,8-13H2,1H3. The van der Waals surface area contributed by atoms with Crippen LogP contribution in [0, 0.1) is 11.3 Å². The molecular formula is C16H23N3OS. The number of hydrogen-bond donors (Lipinski definition) is 1. The molecule has 1 unspecified atom stereocenters. The van der Waals surface area contributed by atoms with Crippen molar-refractivity contribution in [1.29, 1.82) is 5.26 Å². The molecular weight excluding hydrogens is 282 g/mol. The quantitative estimate of drug-likeness (QED) is 0.865. The summed E-state index contributed by atoms with van der Waals surface area (Å²) in [6.45, 7) is 5.38. The summed E-state index contributed by atoms with van der Waals surface area (Å²) < 4.78 is 11.4. The van der Waals surface area contributed by atoms with Gasteiger partial charge in [0, 0.05) is 41.9 Å². The van der Waals surface area contributed by atoms with Crippen molar-refractivity contribution in [3.8, 4) is 6.07 Å². The van der Waals surface area contributed by atoms with Crippen LogP contribution >= 0.6 is 0 Å². The summed E-state index contributed by atoms with van der Waals surface area (Å²) >= 11 is 0. The van der Waals surface area contributed by atoms with Gasteiger partial charge in [-0.05, 0) is 18.5 Å². The molecule has 1 atom stereocenters. The van der Waals surface area contributed by atoms with Crippen LogP contribution in [-0.4, -0.2) is 46.8 Å². The van der Waals surface area contributed by atoms with Gasteiger partial charge in [0.25, 0.3) is 0 Å². The maximum Gasteiger partial charge on any atom is 0.133 e. The van der Waals surface area contributed by atoms with Crippen LogP contribution in [0.15, 0.2) is 30.3 Å². The number of benzene rings is 1. The molecule has 0 spiro atoms. The molecule has 1 aromatic carbocycles. The van der Waals surface area contributed by atoms with Gasteiger partial charge in [0.2, 0.25) is 0 Å². The first-order valence-electron chi connectivity index (χ1n) is 7.49. The highest BCUT2D eigenvalue weighted by Crippen LogP contribution is 2.25. The van der Waals surface area contributed by atoms with Crippen molar-refractivity contribution < 1.29 is 4.21 Å². The van der Waals surface area contributed by atoms with E-state index >= 15 is 0 Å². The third-order valence-electron chi connectivity index (χ3n) is 4.01. The second-order valence-corrected chi connectivity index (χ2v) is 7.05. The van der Waals surface area contributed by atoms with Gasteiger partial charge in [-0.15, -0.1) is 0 Å². The molecule has 1 fully saturated rings. The molecule has 5 heteroatoms. The Labute approximate surface area is 129 Å². The summed E-state index contributed by atoms with van der Waals surface area (Å²) in [6.07, 6.45) is 0.744. The van der Waals surface area contributed by atoms with Crippen LogP contribution in [0.2, 0.25) is 0 Å². The molecule has 21 heavy (non-hydrogen) atoms. The van der Waals surface area contributed by atoms with E-state index in [-0.39, 0.29) is 0 Å². The average Bonchev–Trinajstić information content (AvgIpc) is 2.54. The zero-order chi connectivity index (χ0) is 15.1. The molecule has 1 heterocycles. The Bertz CT molecular complexity index is 504. The lowest BCUT2D eigenvalue weighted by Crippen LogP contribution is -2.46. The topological polar surface area (TPSA) is 56.1 Å². The van der Waals surface area contributed by atoms with Gasteiger partial charge in [0.1, 0.15) is 5.54 Å². The van der Waals surface area contributed by atoms with E-state index in [4.69, 9.17) is 0 Å². The minimum atomic E-state index is -0.649. The van der Waals surface area contributed by atoms with Crippen LogP contribution in [0.4, 0.5) is 0 Å². The zero-order valence-electron chi connectivity index (χ0n) is 12.5. The predicted octanol–water partition coefficient (Wildman–Crippen LogP) is 1.47. The molecule has 0 bridgehead atoms. The van der Waals surface area contributed by atoms with Crippen LogP contribution in [0.1, 0.15) is 18.9 Å². The predicted molar refractivity (Wildman–Crippen MR) is 86.3 cm³/mol. The van der Waals surface area contributed by atoms with Crippen LogP contribution in [-0.2, 0) is 16.3 Å². The van der Waals surface area contributed by atoms with Crippen molar-refractivity contribution in [3.05, 3.63) is 35.9 Å². The zero-order valence-corrected chi connectivity index (χ0v) is 13.4. The van der Waals surface area contributed by atoms with Crippen molar-refractivity contribution in [1.82, 2.24) is 10.2 Å². The fourth-order valence-electron chi connectivity index (χ4n) is 2.74. The third-order valence-corrected chi connectivity index (χ3v) is 5.29. The van der Waals surface area contributed by atoms with Gasteiger partial charge in [-0.1, -0.05) is 37.3 Å². The highest BCUT2D eigenvalue weighted by atomic mass is 32.2. The third kappa shape index (κ3) is 4.13. The molecule has 1 saturated heterocycles. The molecule has 1 aliphatic heterocycles. The van der Waals surface area contributed by atoms with Crippen LogP contribution in [0.3, 0.4) is 0 Å². The van der Waals surface area contributed by atoms with Crippen molar-refractivity contribution in [2.24, 2.45) is 0 Å². The number of nitriles is 1. The van der Waals surface area contributed by atoms with Crippen molar-refractivity contribution in [2.45, 2.75) is 18.9 Å². The van der Waals surface area contributed by atoms with Gasteiger partial charge < -0.3 is 4.90 Å². The lowest BCUT2D eigenvalue weighted by Gasteiger charge is -2.32. The highest BCUT2D eigenvalue weighted by Gasteiger charge is 2.31. The summed E-state index contributed by atoms with van der Waals surface area (Å²) in [7, 11) is -0.649. The maximum atomic E-state index is 11.4. The van der Waals surface area contributed by atoms with E-state index in [0.29, 0.717) is 0 Å². The van der Waals surface area contributed by atoms with E-state index in [1.165, 1.54) is 0 Å². The van der Waals surface area contributed by atoms with Gasteiger partial charge in [-0.25, -0.2) is 0 Å². The van der Waals surface area contributed by atoms with E-state index in [2.05, 4.69) is 16.3 Å². The van der Waals surface area contributed by atoms with E-state index in [9.17, 15) is 9.47 Å². The second kappa shape index (κ2) is 7.69. The summed E-state index contributed by atoms with van der Waals surface area (Å²) in [5.74, 6) is 1.51. The normalized spacial score (nSPS) is 19.8. The van der Waals surface area contributed by atoms with E-state index < -0.39 is 16.3 Å². The molecule has 0 amide bonds. The van der Waals surface area contributed by atoms with Crippen molar-refractivity contribution in [2.75, 3.05) is 37.7 Å². The van der Waals surface area contributed by atoms with Crippen molar-refractivity contribution >= 4 is 10.8 Å². The fourth-order valence-corrected chi connectivity index (χ4v) is 3.87. The Morgan fingerprint density at radius 2 is 2.00 bits per heavy atom. The lowest BCUT2D eigenvalue weighted by atomic mass is 9.87. The Balaban J connectivity index is 2.07. The summed E-state index contributed by atoms with van der Waals surface area (Å²) in [5, 5.41) is 13.1. The van der Waals surface area contributed by atoms with E-state index in [0.717, 1.165) is 49.7 Å². The SMILES string of the molecule is CCNC(C#N)(CCN1CCS(=O)CC1)c1ccccc1. The van der Waals surface area contributed by atoms with Gasteiger partial charge >= 0.3 is 0 Å². The molecule has 0 aliphatic carbocycles. The Morgan fingerprint density at radius 3 is 2.57 bits per heavy atom. The first-order chi connectivity index (χ1) is 10.2. The van der Waals surface area contributed by atoms with Gasteiger partial charge in [-0.3, -0.25) is 9.53 Å². The molecule has 0 saturated carbocycles. The highest BCUT2D eigenvalue weighted by molar-refractivity contribution is 7.85. The smallest absolute Gasteiger partial charge is 0.133 e. The van der Waals surface area contributed by atoms with Crippen molar-refractivity contribution in [3.63, 3.8) is 0 Å². The first-order valence-corrected chi connectivity index (χ1v) is 8.98. The molecule has 4 nitrogen and oxygen atoms in total. The Morgan fingerprint density at radius 1 is 1.33 bits per heavy atom. The number of nitrogens with zero attached hydrogens (tertiary/aromatic N) is 2. The second-order valence-electron chi connectivity index (χ2n) is 5.35. The van der Waals surface area contributed by atoms with Crippen LogP contribution in [0.5, 0.6) is 0 Å². The first kappa shape index (κ1) is 16.2. The molecule has 114 valence electrons. The molecule has 1 N–H and O–H groups in total. The molecule has 0 aromatic heterocycles. The minimum Gasteiger partial charge on any atom is -0.301 e. The summed E-state index contributed by atoms with van der Waals surface area (Å²) in [6, 6.07) is 12.4. The number of rotatable bonds is 6. The van der Waals surface area contributed by atoms with Crippen LogP contribution < -0.4 is 5.32 Å². The van der Waals surface area contributed by atoms with E-state index in [1.54, 1.807) is 0 Å². The Kier molecular flexibility index (Phi) is 5.92. The molecule has 1 aromatic rings. The average molecular weight is 305 g/mol. The maximum absolute atomic E-state index is 11.4. The lowest BCUT2D eigenvalue weighted by molar-refractivity contribution is 0.258. The number of nitrogens with one attached hydrogen (secondary N) is 1. The Hall–Kier alpha value is -1.22. The minimum absolute atomic E-state index is 0.632. The van der Waals surface area contributed by atoms with Crippen LogP contribution in [0.25, 0.3) is 0 Å². The largest absolute Gasteiger partial charge is 0.301 e. The summed E-state index contributed by atoms with van der Waals surface area (Å²) in [4.78, 5) is 2.31. The number of hydrogen-bond acceptors (Lipinski definition) is 4. The molecule has 0 radical (unpaired) electrons. The van der Waals surface area contributed by atoms with Gasteiger partial charge in [-0.2, -0.15) is 5.26 Å².